The molecule has 1 aromatic carbocycles. The molecular formula is C15H22O4. The number of rotatable bonds is 7. The first-order valence-corrected chi connectivity index (χ1v) is 6.47. The quantitative estimate of drug-likeness (QED) is 0.823. The molecule has 106 valence electrons. The summed E-state index contributed by atoms with van der Waals surface area (Å²) in [6.45, 7) is 3.83. The minimum Gasteiger partial charge on any atom is -0.493 e. The molecule has 0 heterocycles. The van der Waals surface area contributed by atoms with Crippen molar-refractivity contribution in [3.8, 4) is 11.5 Å². The van der Waals surface area contributed by atoms with E-state index >= 15 is 0 Å². The van der Waals surface area contributed by atoms with E-state index in [1.807, 2.05) is 32.0 Å². The van der Waals surface area contributed by atoms with Gasteiger partial charge in [0.25, 0.3) is 0 Å². The van der Waals surface area contributed by atoms with Crippen molar-refractivity contribution in [1.29, 1.82) is 0 Å². The van der Waals surface area contributed by atoms with Crippen LogP contribution in [0.4, 0.5) is 0 Å². The molecule has 0 amide bonds. The first-order chi connectivity index (χ1) is 9.02. The Hall–Kier alpha value is -1.71. The fourth-order valence-corrected chi connectivity index (χ4v) is 2.26. The number of carboxylic acids is 1. The van der Waals surface area contributed by atoms with E-state index in [0.29, 0.717) is 30.8 Å². The normalized spacial score (nSPS) is 11.2. The van der Waals surface area contributed by atoms with Crippen LogP contribution in [0.3, 0.4) is 0 Å². The summed E-state index contributed by atoms with van der Waals surface area (Å²) in [7, 11) is 3.16. The molecule has 4 heteroatoms. The van der Waals surface area contributed by atoms with Crippen molar-refractivity contribution in [3.05, 3.63) is 23.8 Å². The molecule has 0 aliphatic carbocycles. The lowest BCUT2D eigenvalue weighted by Gasteiger charge is -2.27. The monoisotopic (exact) mass is 266 g/mol. The predicted molar refractivity (Wildman–Crippen MR) is 73.9 cm³/mol. The zero-order valence-electron chi connectivity index (χ0n) is 12.0. The molecule has 0 fully saturated rings. The molecule has 0 spiro atoms. The third-order valence-corrected chi connectivity index (χ3v) is 3.80. The molecule has 0 aliphatic rings. The highest BCUT2D eigenvalue weighted by atomic mass is 16.5. The number of ether oxygens (including phenoxy) is 2. The van der Waals surface area contributed by atoms with Gasteiger partial charge in [-0.25, -0.2) is 0 Å². The number of hydrogen-bond acceptors (Lipinski definition) is 3. The number of carboxylic acid groups (broad SMARTS) is 1. The highest BCUT2D eigenvalue weighted by Crippen LogP contribution is 2.34. The first kappa shape index (κ1) is 15.3. The van der Waals surface area contributed by atoms with E-state index in [2.05, 4.69) is 0 Å². The number of aliphatic carboxylic acids is 1. The SMILES string of the molecule is CCC(CC)(Cc1ccc(OC)c(OC)c1)C(=O)O. The average Bonchev–Trinajstić information content (AvgIpc) is 2.44. The van der Waals surface area contributed by atoms with Gasteiger partial charge in [-0.2, -0.15) is 0 Å². The molecule has 1 aromatic rings. The van der Waals surface area contributed by atoms with Crippen LogP contribution in [0.25, 0.3) is 0 Å². The minimum absolute atomic E-state index is 0.496. The van der Waals surface area contributed by atoms with Gasteiger partial charge >= 0.3 is 5.97 Å². The molecule has 4 nitrogen and oxygen atoms in total. The molecule has 0 aromatic heterocycles. The Bertz CT molecular complexity index is 436. The van der Waals surface area contributed by atoms with Gasteiger partial charge in [-0.3, -0.25) is 4.79 Å². The van der Waals surface area contributed by atoms with Gasteiger partial charge in [0, 0.05) is 0 Å². The topological polar surface area (TPSA) is 55.8 Å². The number of carbonyl (C=O) groups is 1. The fourth-order valence-electron chi connectivity index (χ4n) is 2.26. The van der Waals surface area contributed by atoms with Crippen LogP contribution in [0.2, 0.25) is 0 Å². The second-order valence-corrected chi connectivity index (χ2v) is 4.66. The van der Waals surface area contributed by atoms with Gasteiger partial charge in [-0.05, 0) is 37.0 Å². The highest BCUT2D eigenvalue weighted by Gasteiger charge is 2.35. The smallest absolute Gasteiger partial charge is 0.309 e. The summed E-state index contributed by atoms with van der Waals surface area (Å²) in [6.07, 6.45) is 1.70. The van der Waals surface area contributed by atoms with Crippen LogP contribution in [-0.4, -0.2) is 25.3 Å². The number of methoxy groups -OCH3 is 2. The maximum absolute atomic E-state index is 11.5. The van der Waals surface area contributed by atoms with Crippen molar-refractivity contribution < 1.29 is 19.4 Å². The van der Waals surface area contributed by atoms with Crippen molar-refractivity contribution in [3.63, 3.8) is 0 Å². The summed E-state index contributed by atoms with van der Waals surface area (Å²) >= 11 is 0. The van der Waals surface area contributed by atoms with E-state index in [1.54, 1.807) is 14.2 Å². The summed E-state index contributed by atoms with van der Waals surface area (Å²) in [5, 5.41) is 9.46. The minimum atomic E-state index is -0.743. The summed E-state index contributed by atoms with van der Waals surface area (Å²) in [4.78, 5) is 11.5. The van der Waals surface area contributed by atoms with Crippen LogP contribution in [0.1, 0.15) is 32.3 Å². The van der Waals surface area contributed by atoms with Gasteiger partial charge in [0.15, 0.2) is 11.5 Å². The highest BCUT2D eigenvalue weighted by molar-refractivity contribution is 5.75. The van der Waals surface area contributed by atoms with Gasteiger partial charge in [0.2, 0.25) is 0 Å². The second-order valence-electron chi connectivity index (χ2n) is 4.66. The molecule has 0 radical (unpaired) electrons. The van der Waals surface area contributed by atoms with Crippen LogP contribution >= 0.6 is 0 Å². The van der Waals surface area contributed by atoms with E-state index in [1.165, 1.54) is 0 Å². The zero-order chi connectivity index (χ0) is 14.5. The molecule has 19 heavy (non-hydrogen) atoms. The van der Waals surface area contributed by atoms with E-state index in [0.717, 1.165) is 5.56 Å². The third-order valence-electron chi connectivity index (χ3n) is 3.80. The molecule has 0 unspecified atom stereocenters. The van der Waals surface area contributed by atoms with Crippen molar-refractivity contribution in [2.45, 2.75) is 33.1 Å². The lowest BCUT2D eigenvalue weighted by molar-refractivity contribution is -0.149. The number of benzene rings is 1. The molecule has 0 bridgehead atoms. The Labute approximate surface area is 114 Å². The maximum atomic E-state index is 11.5. The van der Waals surface area contributed by atoms with Crippen molar-refractivity contribution in [2.24, 2.45) is 5.41 Å². The lowest BCUT2D eigenvalue weighted by atomic mass is 9.77. The van der Waals surface area contributed by atoms with Crippen molar-refractivity contribution in [1.82, 2.24) is 0 Å². The Morgan fingerprint density at radius 1 is 1.16 bits per heavy atom. The summed E-state index contributed by atoms with van der Waals surface area (Å²) in [6, 6.07) is 5.55. The zero-order valence-corrected chi connectivity index (χ0v) is 12.0. The molecule has 0 saturated heterocycles. The van der Waals surface area contributed by atoms with Gasteiger partial charge < -0.3 is 14.6 Å². The molecule has 1 rings (SSSR count). The third kappa shape index (κ3) is 3.19. The molecule has 0 aliphatic heterocycles. The standard InChI is InChI=1S/C15H22O4/c1-5-15(6-2,14(16)17)10-11-7-8-12(18-3)13(9-11)19-4/h7-9H,5-6,10H2,1-4H3,(H,16,17). The summed E-state index contributed by atoms with van der Waals surface area (Å²) < 4.78 is 10.4. The summed E-state index contributed by atoms with van der Waals surface area (Å²) in [5.41, 5.74) is 0.239. The summed E-state index contributed by atoms with van der Waals surface area (Å²) in [5.74, 6) is 0.541. The Balaban J connectivity index is 3.07. The first-order valence-electron chi connectivity index (χ1n) is 6.47. The molecule has 0 atom stereocenters. The van der Waals surface area contributed by atoms with E-state index in [9.17, 15) is 9.90 Å². The molecular weight excluding hydrogens is 244 g/mol. The van der Waals surface area contributed by atoms with Crippen molar-refractivity contribution >= 4 is 5.97 Å². The van der Waals surface area contributed by atoms with E-state index in [-0.39, 0.29) is 0 Å². The maximum Gasteiger partial charge on any atom is 0.309 e. The van der Waals surface area contributed by atoms with Crippen LogP contribution in [0.15, 0.2) is 18.2 Å². The Morgan fingerprint density at radius 2 is 1.74 bits per heavy atom. The van der Waals surface area contributed by atoms with Gasteiger partial charge in [-0.1, -0.05) is 19.9 Å². The van der Waals surface area contributed by atoms with Crippen LogP contribution in [0.5, 0.6) is 11.5 Å². The van der Waals surface area contributed by atoms with Crippen LogP contribution < -0.4 is 9.47 Å². The Morgan fingerprint density at radius 3 is 2.16 bits per heavy atom. The van der Waals surface area contributed by atoms with Crippen LogP contribution in [-0.2, 0) is 11.2 Å². The molecule has 0 saturated carbocycles. The largest absolute Gasteiger partial charge is 0.493 e. The second kappa shape index (κ2) is 6.45. The van der Waals surface area contributed by atoms with Gasteiger partial charge in [-0.15, -0.1) is 0 Å². The van der Waals surface area contributed by atoms with Gasteiger partial charge in [0.1, 0.15) is 0 Å². The Kier molecular flexibility index (Phi) is 5.21. The van der Waals surface area contributed by atoms with Crippen LogP contribution in [0, 0.1) is 5.41 Å². The fraction of sp³-hybridized carbons (Fsp3) is 0.533. The lowest BCUT2D eigenvalue weighted by Crippen LogP contribution is -2.32. The van der Waals surface area contributed by atoms with Gasteiger partial charge in [0.05, 0.1) is 19.6 Å². The average molecular weight is 266 g/mol. The van der Waals surface area contributed by atoms with E-state index < -0.39 is 11.4 Å². The van der Waals surface area contributed by atoms with Crippen molar-refractivity contribution in [2.75, 3.05) is 14.2 Å². The number of hydrogen-bond donors (Lipinski definition) is 1. The molecule has 1 N–H and O–H groups in total. The van der Waals surface area contributed by atoms with E-state index in [4.69, 9.17) is 9.47 Å². The predicted octanol–water partition coefficient (Wildman–Crippen LogP) is 3.14.